The maximum atomic E-state index is 12.6. The first-order chi connectivity index (χ1) is 9.54. The molecular weight excluding hydrogens is 280 g/mol. The summed E-state index contributed by atoms with van der Waals surface area (Å²) in [5.41, 5.74) is 0. The molecule has 0 aromatic heterocycles. The van der Waals surface area contributed by atoms with Gasteiger partial charge in [-0.05, 0) is 26.7 Å². The Bertz CT molecular complexity index is 373. The molecule has 2 saturated heterocycles. The van der Waals surface area contributed by atoms with Crippen molar-refractivity contribution in [2.45, 2.75) is 44.2 Å². The monoisotopic (exact) mass is 302 g/mol. The van der Waals surface area contributed by atoms with Crippen LogP contribution in [0, 0.1) is 0 Å². The maximum absolute atomic E-state index is 12.6. The molecule has 6 nitrogen and oxygen atoms in total. The highest BCUT2D eigenvalue weighted by molar-refractivity contribution is 8.00. The van der Waals surface area contributed by atoms with E-state index in [1.807, 2.05) is 13.8 Å². The highest BCUT2D eigenvalue weighted by atomic mass is 32.2. The van der Waals surface area contributed by atoms with Crippen molar-refractivity contribution in [3.05, 3.63) is 0 Å². The Morgan fingerprint density at radius 3 is 2.80 bits per heavy atom. The third kappa shape index (κ3) is 3.20. The fourth-order valence-corrected chi connectivity index (χ4v) is 3.83. The van der Waals surface area contributed by atoms with Gasteiger partial charge in [-0.3, -0.25) is 4.90 Å². The summed E-state index contributed by atoms with van der Waals surface area (Å²) in [7, 11) is 0. The average Bonchev–Trinajstić information content (AvgIpc) is 3.04. The Balaban J connectivity index is 2.04. The van der Waals surface area contributed by atoms with Crippen LogP contribution in [0.1, 0.15) is 26.7 Å². The van der Waals surface area contributed by atoms with Crippen LogP contribution in [-0.4, -0.2) is 69.9 Å². The fourth-order valence-electron chi connectivity index (χ4n) is 2.66. The van der Waals surface area contributed by atoms with Gasteiger partial charge in [0.05, 0.1) is 11.5 Å². The average molecular weight is 302 g/mol. The summed E-state index contributed by atoms with van der Waals surface area (Å²) < 4.78 is 5.57. The summed E-state index contributed by atoms with van der Waals surface area (Å²) in [4.78, 5) is 27.1. The molecule has 20 heavy (non-hydrogen) atoms. The Morgan fingerprint density at radius 1 is 1.50 bits per heavy atom. The second kappa shape index (κ2) is 6.67. The Labute approximate surface area is 123 Å². The number of likely N-dealkylation sites (N-methyl/N-ethyl adjacent to an activating group) is 1. The summed E-state index contributed by atoms with van der Waals surface area (Å²) in [6.07, 6.45) is 2.09. The van der Waals surface area contributed by atoms with E-state index < -0.39 is 12.0 Å². The number of hydrogen-bond donors (Lipinski definition) is 1. The van der Waals surface area contributed by atoms with Gasteiger partial charge >= 0.3 is 12.0 Å². The minimum Gasteiger partial charge on any atom is -0.480 e. The Hall–Kier alpha value is -0.950. The van der Waals surface area contributed by atoms with Crippen LogP contribution in [0.3, 0.4) is 0 Å². The summed E-state index contributed by atoms with van der Waals surface area (Å²) in [6, 6.07) is -0.908. The van der Waals surface area contributed by atoms with Gasteiger partial charge in [0.15, 0.2) is 0 Å². The second-order valence-electron chi connectivity index (χ2n) is 5.15. The minimum atomic E-state index is -0.927. The molecule has 3 atom stereocenters. The van der Waals surface area contributed by atoms with E-state index in [1.54, 1.807) is 4.90 Å². The quantitative estimate of drug-likeness (QED) is 0.851. The van der Waals surface area contributed by atoms with Gasteiger partial charge in [0.2, 0.25) is 0 Å². The second-order valence-corrected chi connectivity index (χ2v) is 6.50. The number of thioether (sulfide) groups is 1. The zero-order chi connectivity index (χ0) is 14.7. The van der Waals surface area contributed by atoms with Gasteiger partial charge < -0.3 is 14.7 Å². The normalized spacial score (nSPS) is 29.7. The molecular formula is C13H22N2O4S. The van der Waals surface area contributed by atoms with Crippen molar-refractivity contribution >= 4 is 23.8 Å². The number of carbonyl (C=O) groups is 2. The van der Waals surface area contributed by atoms with E-state index in [9.17, 15) is 14.7 Å². The van der Waals surface area contributed by atoms with E-state index in [4.69, 9.17) is 4.74 Å². The molecule has 0 aromatic carbocycles. The first kappa shape index (κ1) is 15.4. The van der Waals surface area contributed by atoms with Crippen molar-refractivity contribution in [1.29, 1.82) is 0 Å². The Morgan fingerprint density at radius 2 is 2.25 bits per heavy atom. The first-order valence-electron chi connectivity index (χ1n) is 7.07. The SMILES string of the molecule is CCN(CC1CCCO1)C(=O)N1C(C)SCC1C(=O)O. The first-order valence-corrected chi connectivity index (χ1v) is 8.12. The lowest BCUT2D eigenvalue weighted by Crippen LogP contribution is -2.52. The Kier molecular flexibility index (Phi) is 5.15. The summed E-state index contributed by atoms with van der Waals surface area (Å²) in [6.45, 7) is 5.67. The molecule has 0 bridgehead atoms. The molecule has 0 radical (unpaired) electrons. The van der Waals surface area contributed by atoms with Gasteiger partial charge in [-0.2, -0.15) is 0 Å². The van der Waals surface area contributed by atoms with Gasteiger partial charge in [0.1, 0.15) is 6.04 Å². The number of rotatable bonds is 4. The van der Waals surface area contributed by atoms with Crippen molar-refractivity contribution < 1.29 is 19.4 Å². The molecule has 0 saturated carbocycles. The zero-order valence-electron chi connectivity index (χ0n) is 11.9. The lowest BCUT2D eigenvalue weighted by molar-refractivity contribution is -0.141. The number of amides is 2. The van der Waals surface area contributed by atoms with Gasteiger partial charge in [-0.25, -0.2) is 9.59 Å². The molecule has 114 valence electrons. The molecule has 0 aromatic rings. The number of nitrogens with zero attached hydrogens (tertiary/aromatic N) is 2. The van der Waals surface area contributed by atoms with Crippen molar-refractivity contribution in [2.24, 2.45) is 0 Å². The van der Waals surface area contributed by atoms with Crippen LogP contribution in [0.2, 0.25) is 0 Å². The number of hydrogen-bond acceptors (Lipinski definition) is 4. The largest absolute Gasteiger partial charge is 0.480 e. The molecule has 2 aliphatic rings. The summed E-state index contributed by atoms with van der Waals surface area (Å²) in [5.74, 6) is -0.469. The van der Waals surface area contributed by atoms with Crippen molar-refractivity contribution in [2.75, 3.05) is 25.4 Å². The van der Waals surface area contributed by atoms with Crippen LogP contribution in [0.5, 0.6) is 0 Å². The van der Waals surface area contributed by atoms with Crippen LogP contribution >= 0.6 is 11.8 Å². The maximum Gasteiger partial charge on any atom is 0.327 e. The van der Waals surface area contributed by atoms with Crippen LogP contribution in [-0.2, 0) is 9.53 Å². The summed E-state index contributed by atoms with van der Waals surface area (Å²) in [5, 5.41) is 9.14. The number of carbonyl (C=O) groups excluding carboxylic acids is 1. The predicted molar refractivity (Wildman–Crippen MR) is 76.8 cm³/mol. The van der Waals surface area contributed by atoms with E-state index >= 15 is 0 Å². The van der Waals surface area contributed by atoms with Gasteiger partial charge in [-0.15, -0.1) is 11.8 Å². The molecule has 2 heterocycles. The van der Waals surface area contributed by atoms with Crippen molar-refractivity contribution in [1.82, 2.24) is 9.80 Å². The lowest BCUT2D eigenvalue weighted by Gasteiger charge is -2.32. The van der Waals surface area contributed by atoms with E-state index in [-0.39, 0.29) is 17.5 Å². The summed E-state index contributed by atoms with van der Waals surface area (Å²) >= 11 is 1.51. The number of aliphatic carboxylic acids is 1. The molecule has 0 spiro atoms. The van der Waals surface area contributed by atoms with Crippen molar-refractivity contribution in [3.8, 4) is 0 Å². The van der Waals surface area contributed by atoms with E-state index in [1.165, 1.54) is 16.7 Å². The molecule has 2 rings (SSSR count). The third-order valence-electron chi connectivity index (χ3n) is 3.83. The topological polar surface area (TPSA) is 70.1 Å². The van der Waals surface area contributed by atoms with Crippen LogP contribution in [0.15, 0.2) is 0 Å². The van der Waals surface area contributed by atoms with Gasteiger partial charge in [-0.1, -0.05) is 0 Å². The highest BCUT2D eigenvalue weighted by Gasteiger charge is 2.41. The smallest absolute Gasteiger partial charge is 0.327 e. The van der Waals surface area contributed by atoms with Crippen LogP contribution in [0.25, 0.3) is 0 Å². The molecule has 2 aliphatic heterocycles. The van der Waals surface area contributed by atoms with Crippen molar-refractivity contribution in [3.63, 3.8) is 0 Å². The molecule has 3 unspecified atom stereocenters. The van der Waals surface area contributed by atoms with Gasteiger partial charge in [0, 0.05) is 25.4 Å². The van der Waals surface area contributed by atoms with Gasteiger partial charge in [0.25, 0.3) is 0 Å². The van der Waals surface area contributed by atoms with Crippen LogP contribution < -0.4 is 0 Å². The molecule has 2 fully saturated rings. The molecule has 1 N–H and O–H groups in total. The molecule has 7 heteroatoms. The predicted octanol–water partition coefficient (Wildman–Crippen LogP) is 1.46. The lowest BCUT2D eigenvalue weighted by atomic mass is 10.2. The third-order valence-corrected chi connectivity index (χ3v) is 5.05. The van der Waals surface area contributed by atoms with Crippen LogP contribution in [0.4, 0.5) is 4.79 Å². The molecule has 2 amide bonds. The number of urea groups is 1. The van der Waals surface area contributed by atoms with E-state index in [2.05, 4.69) is 0 Å². The minimum absolute atomic E-state index is 0.0905. The number of carboxylic acids is 1. The highest BCUT2D eigenvalue weighted by Crippen LogP contribution is 2.30. The van der Waals surface area contributed by atoms with E-state index in [0.29, 0.717) is 18.8 Å². The fraction of sp³-hybridized carbons (Fsp3) is 0.846. The number of ether oxygens (including phenoxy) is 1. The standard InChI is InChI=1S/C13H22N2O4S/c1-3-14(7-10-5-4-6-19-10)13(18)15-9(2)20-8-11(15)12(16)17/h9-11H,3-8H2,1-2H3,(H,16,17). The van der Waals surface area contributed by atoms with E-state index in [0.717, 1.165) is 19.4 Å². The molecule has 0 aliphatic carbocycles. The zero-order valence-corrected chi connectivity index (χ0v) is 12.8. The number of carboxylic acid groups (broad SMARTS) is 1.